The summed E-state index contributed by atoms with van der Waals surface area (Å²) in [6.07, 6.45) is 0. The molecule has 0 atom stereocenters. The predicted molar refractivity (Wildman–Crippen MR) is 83.0 cm³/mol. The van der Waals surface area contributed by atoms with Crippen molar-refractivity contribution in [2.75, 3.05) is 26.0 Å². The number of hydrogen-bond acceptors (Lipinski definition) is 3. The minimum Gasteiger partial charge on any atom is -0.377 e. The Morgan fingerprint density at radius 2 is 1.84 bits per heavy atom. The fourth-order valence-corrected chi connectivity index (χ4v) is 2.76. The molecule has 0 radical (unpaired) electrons. The number of fused-ring (bicyclic) bond motifs is 1. The van der Waals surface area contributed by atoms with Crippen molar-refractivity contribution in [2.24, 2.45) is 0 Å². The van der Waals surface area contributed by atoms with E-state index in [-0.39, 0.29) is 0 Å². The normalized spacial score (nSPS) is 11.1. The van der Waals surface area contributed by atoms with Crippen LogP contribution in [0.4, 0.5) is 5.69 Å². The van der Waals surface area contributed by atoms with Gasteiger partial charge in [-0.3, -0.25) is 4.98 Å². The van der Waals surface area contributed by atoms with Crippen molar-refractivity contribution in [1.29, 1.82) is 0 Å². The highest BCUT2D eigenvalue weighted by Crippen LogP contribution is 2.32. The average Bonchev–Trinajstić information content (AvgIpc) is 2.31. The van der Waals surface area contributed by atoms with Crippen molar-refractivity contribution in [2.45, 2.75) is 27.3 Å². The molecule has 1 aromatic carbocycles. The molecule has 0 amide bonds. The lowest BCUT2D eigenvalue weighted by molar-refractivity contribution is 0.803. The number of aryl methyl sites for hydroxylation is 3. The lowest BCUT2D eigenvalue weighted by atomic mass is 10.0. The summed E-state index contributed by atoms with van der Waals surface area (Å²) in [6, 6.07) is 4.44. The maximum atomic E-state index is 4.81. The van der Waals surface area contributed by atoms with Crippen LogP contribution in [0, 0.1) is 20.8 Å². The van der Waals surface area contributed by atoms with E-state index in [4.69, 9.17) is 4.98 Å². The van der Waals surface area contributed by atoms with E-state index < -0.39 is 0 Å². The van der Waals surface area contributed by atoms with E-state index in [9.17, 15) is 0 Å². The number of pyridine rings is 1. The lowest BCUT2D eigenvalue weighted by Gasteiger charge is -2.22. The highest BCUT2D eigenvalue weighted by atomic mass is 15.1. The summed E-state index contributed by atoms with van der Waals surface area (Å²) in [6.45, 7) is 7.22. The molecular weight excluding hydrogens is 234 g/mol. The van der Waals surface area contributed by atoms with Gasteiger partial charge in [0.25, 0.3) is 0 Å². The summed E-state index contributed by atoms with van der Waals surface area (Å²) in [7, 11) is 6.18. The number of aromatic nitrogens is 1. The lowest BCUT2D eigenvalue weighted by Crippen LogP contribution is -2.17. The number of benzene rings is 1. The van der Waals surface area contributed by atoms with Crippen LogP contribution in [0.1, 0.15) is 22.4 Å². The minimum atomic E-state index is 0.843. The summed E-state index contributed by atoms with van der Waals surface area (Å²) in [5.41, 5.74) is 7.32. The first-order valence-electron chi connectivity index (χ1n) is 6.68. The molecule has 0 fully saturated rings. The molecular formula is C16H23N3. The van der Waals surface area contributed by atoms with Gasteiger partial charge in [-0.25, -0.2) is 0 Å². The van der Waals surface area contributed by atoms with Gasteiger partial charge in [-0.15, -0.1) is 0 Å². The van der Waals surface area contributed by atoms with Gasteiger partial charge in [0.05, 0.1) is 11.2 Å². The summed E-state index contributed by atoms with van der Waals surface area (Å²) in [5, 5.41) is 4.50. The number of hydrogen-bond donors (Lipinski definition) is 1. The first kappa shape index (κ1) is 13.8. The standard InChI is InChI=1S/C16H23N3/c1-10-7-11(2)15-13(8-10)16(19(5)6)14(9-17-4)12(3)18-15/h7-8,17H,9H2,1-6H3. The van der Waals surface area contributed by atoms with Crippen molar-refractivity contribution in [3.8, 4) is 0 Å². The number of rotatable bonds is 3. The van der Waals surface area contributed by atoms with Crippen LogP contribution in [-0.4, -0.2) is 26.1 Å². The van der Waals surface area contributed by atoms with Crippen LogP contribution in [0.25, 0.3) is 10.9 Å². The second kappa shape index (κ2) is 5.17. The van der Waals surface area contributed by atoms with Crippen molar-refractivity contribution < 1.29 is 0 Å². The third kappa shape index (κ3) is 2.43. The zero-order valence-corrected chi connectivity index (χ0v) is 12.8. The second-order valence-electron chi connectivity index (χ2n) is 5.43. The minimum absolute atomic E-state index is 0.843. The molecule has 0 aliphatic heterocycles. The van der Waals surface area contributed by atoms with Gasteiger partial charge in [-0.05, 0) is 39.4 Å². The van der Waals surface area contributed by atoms with E-state index in [0.29, 0.717) is 0 Å². The van der Waals surface area contributed by atoms with E-state index in [1.807, 2.05) is 7.05 Å². The molecule has 1 heterocycles. The van der Waals surface area contributed by atoms with Crippen LogP contribution in [-0.2, 0) is 6.54 Å². The van der Waals surface area contributed by atoms with E-state index in [0.717, 1.165) is 17.8 Å². The molecule has 0 unspecified atom stereocenters. The van der Waals surface area contributed by atoms with Crippen LogP contribution in [0.15, 0.2) is 12.1 Å². The largest absolute Gasteiger partial charge is 0.377 e. The molecule has 1 aromatic heterocycles. The highest BCUT2D eigenvalue weighted by Gasteiger charge is 2.15. The smallest absolute Gasteiger partial charge is 0.0755 e. The van der Waals surface area contributed by atoms with E-state index >= 15 is 0 Å². The Morgan fingerprint density at radius 1 is 1.16 bits per heavy atom. The molecule has 19 heavy (non-hydrogen) atoms. The van der Waals surface area contributed by atoms with Crippen molar-refractivity contribution in [3.05, 3.63) is 34.5 Å². The van der Waals surface area contributed by atoms with Gasteiger partial charge >= 0.3 is 0 Å². The average molecular weight is 257 g/mol. The van der Waals surface area contributed by atoms with E-state index in [1.165, 1.54) is 27.8 Å². The quantitative estimate of drug-likeness (QED) is 0.916. The maximum Gasteiger partial charge on any atom is 0.0755 e. The van der Waals surface area contributed by atoms with Crippen molar-refractivity contribution in [1.82, 2.24) is 10.3 Å². The molecule has 0 aliphatic rings. The topological polar surface area (TPSA) is 28.2 Å². The number of nitrogens with zero attached hydrogens (tertiary/aromatic N) is 2. The molecule has 3 heteroatoms. The second-order valence-corrected chi connectivity index (χ2v) is 5.43. The molecule has 2 aromatic rings. The van der Waals surface area contributed by atoms with Crippen LogP contribution < -0.4 is 10.2 Å². The third-order valence-electron chi connectivity index (χ3n) is 3.50. The van der Waals surface area contributed by atoms with Crippen molar-refractivity contribution in [3.63, 3.8) is 0 Å². The molecule has 0 saturated heterocycles. The fourth-order valence-electron chi connectivity index (χ4n) is 2.76. The zero-order valence-electron chi connectivity index (χ0n) is 12.8. The van der Waals surface area contributed by atoms with Crippen LogP contribution in [0.5, 0.6) is 0 Å². The van der Waals surface area contributed by atoms with Crippen LogP contribution in [0.2, 0.25) is 0 Å². The number of anilines is 1. The summed E-state index contributed by atoms with van der Waals surface area (Å²) < 4.78 is 0. The Morgan fingerprint density at radius 3 is 2.42 bits per heavy atom. The summed E-state index contributed by atoms with van der Waals surface area (Å²) in [4.78, 5) is 7.01. The van der Waals surface area contributed by atoms with Gasteiger partial charge in [0.1, 0.15) is 0 Å². The van der Waals surface area contributed by atoms with Gasteiger partial charge in [-0.1, -0.05) is 11.6 Å². The Bertz CT molecular complexity index is 615. The third-order valence-corrected chi connectivity index (χ3v) is 3.50. The Kier molecular flexibility index (Phi) is 3.76. The first-order chi connectivity index (χ1) is 8.95. The molecule has 1 N–H and O–H groups in total. The van der Waals surface area contributed by atoms with E-state index in [1.54, 1.807) is 0 Å². The fraction of sp³-hybridized carbons (Fsp3) is 0.438. The molecule has 102 valence electrons. The van der Waals surface area contributed by atoms with Crippen molar-refractivity contribution >= 4 is 16.6 Å². The maximum absolute atomic E-state index is 4.81. The van der Waals surface area contributed by atoms with Gasteiger partial charge < -0.3 is 10.2 Å². The molecule has 0 bridgehead atoms. The molecule has 3 nitrogen and oxygen atoms in total. The summed E-state index contributed by atoms with van der Waals surface area (Å²) >= 11 is 0. The molecule has 0 aliphatic carbocycles. The van der Waals surface area contributed by atoms with Gasteiger partial charge in [0.15, 0.2) is 0 Å². The first-order valence-corrected chi connectivity index (χ1v) is 6.68. The van der Waals surface area contributed by atoms with E-state index in [2.05, 4.69) is 57.2 Å². The SMILES string of the molecule is CNCc1c(C)nc2c(C)cc(C)cc2c1N(C)C. The van der Waals surface area contributed by atoms with Gasteiger partial charge in [0, 0.05) is 37.3 Å². The highest BCUT2D eigenvalue weighted by molar-refractivity contribution is 5.96. The predicted octanol–water partition coefficient (Wildman–Crippen LogP) is 2.95. The molecule has 2 rings (SSSR count). The molecule has 0 spiro atoms. The summed E-state index contributed by atoms with van der Waals surface area (Å²) in [5.74, 6) is 0. The Hall–Kier alpha value is -1.61. The van der Waals surface area contributed by atoms with Gasteiger partial charge in [-0.2, -0.15) is 0 Å². The monoisotopic (exact) mass is 257 g/mol. The number of nitrogens with one attached hydrogen (secondary N) is 1. The molecule has 0 saturated carbocycles. The Balaban J connectivity index is 2.89. The Labute approximate surface area is 115 Å². The zero-order chi connectivity index (χ0) is 14.2. The van der Waals surface area contributed by atoms with Gasteiger partial charge in [0.2, 0.25) is 0 Å². The van der Waals surface area contributed by atoms with Crippen LogP contribution in [0.3, 0.4) is 0 Å². The van der Waals surface area contributed by atoms with Crippen LogP contribution >= 0.6 is 0 Å².